The lowest BCUT2D eigenvalue weighted by atomic mass is 10.2. The quantitative estimate of drug-likeness (QED) is 0.678. The number of ether oxygens (including phenoxy) is 1. The first-order valence-corrected chi connectivity index (χ1v) is 9.82. The lowest BCUT2D eigenvalue weighted by molar-refractivity contribution is -0.127. The molecule has 1 atom stereocenters. The van der Waals surface area contributed by atoms with Gasteiger partial charge in [0.2, 0.25) is 0 Å². The second kappa shape index (κ2) is 6.61. The van der Waals surface area contributed by atoms with E-state index in [2.05, 4.69) is 4.40 Å². The van der Waals surface area contributed by atoms with E-state index >= 15 is 0 Å². The van der Waals surface area contributed by atoms with Crippen LogP contribution in [0.25, 0.3) is 0 Å². The van der Waals surface area contributed by atoms with E-state index in [4.69, 9.17) is 10.5 Å². The monoisotopic (exact) mass is 398 g/mol. The zero-order chi connectivity index (χ0) is 19.1. The predicted octanol–water partition coefficient (Wildman–Crippen LogP) is 0.0383. The summed E-state index contributed by atoms with van der Waals surface area (Å²) < 4.78 is 31.9. The van der Waals surface area contributed by atoms with E-state index in [9.17, 15) is 22.8 Å². The second-order valence-corrected chi connectivity index (χ2v) is 8.26. The number of urea groups is 1. The Bertz CT molecular complexity index is 943. The van der Waals surface area contributed by atoms with E-state index in [-0.39, 0.29) is 17.9 Å². The van der Waals surface area contributed by atoms with Crippen LogP contribution in [0.5, 0.6) is 0 Å². The molecule has 2 heterocycles. The third kappa shape index (κ3) is 3.65. The van der Waals surface area contributed by atoms with Gasteiger partial charge in [-0.15, -0.1) is 4.40 Å². The number of carbonyl (C=O) groups is 3. The molecule has 0 fully saturated rings. The molecule has 1 aromatic carbocycles. The number of amides is 3. The van der Waals surface area contributed by atoms with Crippen molar-refractivity contribution in [3.05, 3.63) is 23.8 Å². The second-order valence-electron chi connectivity index (χ2n) is 5.50. The molecule has 0 aliphatic carbocycles. The molecule has 1 unspecified atom stereocenters. The molecule has 26 heavy (non-hydrogen) atoms. The summed E-state index contributed by atoms with van der Waals surface area (Å²) in [6, 6.07) is 3.66. The van der Waals surface area contributed by atoms with Crippen molar-refractivity contribution < 1.29 is 27.5 Å². The van der Waals surface area contributed by atoms with E-state index in [0.29, 0.717) is 10.1 Å². The number of amidine groups is 1. The maximum absolute atomic E-state index is 12.2. The number of sulfonamides is 1. The van der Waals surface area contributed by atoms with Crippen molar-refractivity contribution in [3.8, 4) is 0 Å². The highest BCUT2D eigenvalue weighted by Gasteiger charge is 2.33. The molecule has 10 nitrogen and oxygen atoms in total. The van der Waals surface area contributed by atoms with Crippen LogP contribution in [-0.2, 0) is 19.6 Å². The average Bonchev–Trinajstić information content (AvgIpc) is 2.88. The molecule has 12 heteroatoms. The van der Waals surface area contributed by atoms with Gasteiger partial charge in [0.1, 0.15) is 0 Å². The number of anilines is 1. The van der Waals surface area contributed by atoms with Crippen molar-refractivity contribution in [1.82, 2.24) is 5.32 Å². The third-order valence-corrected chi connectivity index (χ3v) is 5.91. The Labute approximate surface area is 152 Å². The SMILES string of the molecule is CC(OC(=O)c1ccc2c(c1)SC1=NS(=O)(=O)CCN12)C(=O)NC(N)=O. The number of esters is 1. The number of benzene rings is 1. The average molecular weight is 398 g/mol. The van der Waals surface area contributed by atoms with Crippen LogP contribution in [0, 0.1) is 0 Å². The Balaban J connectivity index is 1.76. The molecule has 0 aromatic heterocycles. The first-order valence-electron chi connectivity index (χ1n) is 7.39. The Kier molecular flexibility index (Phi) is 4.63. The van der Waals surface area contributed by atoms with Crippen LogP contribution in [0.2, 0.25) is 0 Å². The van der Waals surface area contributed by atoms with Crippen LogP contribution in [-0.4, -0.2) is 49.9 Å². The van der Waals surface area contributed by atoms with Gasteiger partial charge in [0.05, 0.1) is 17.0 Å². The fourth-order valence-electron chi connectivity index (χ4n) is 2.36. The molecule has 0 spiro atoms. The molecule has 3 amide bonds. The molecule has 0 radical (unpaired) electrons. The molecule has 0 saturated heterocycles. The fraction of sp³-hybridized carbons (Fsp3) is 0.286. The number of imide groups is 1. The largest absolute Gasteiger partial charge is 0.449 e. The van der Waals surface area contributed by atoms with Gasteiger partial charge in [-0.1, -0.05) is 0 Å². The highest BCUT2D eigenvalue weighted by molar-refractivity contribution is 8.15. The van der Waals surface area contributed by atoms with Gasteiger partial charge in [0.15, 0.2) is 11.3 Å². The highest BCUT2D eigenvalue weighted by Crippen LogP contribution is 2.42. The topological polar surface area (TPSA) is 148 Å². The minimum Gasteiger partial charge on any atom is -0.449 e. The number of rotatable bonds is 3. The van der Waals surface area contributed by atoms with Crippen molar-refractivity contribution >= 4 is 50.5 Å². The molecular formula is C14H14N4O6S2. The molecule has 1 aromatic rings. The van der Waals surface area contributed by atoms with Crippen molar-refractivity contribution in [2.45, 2.75) is 17.9 Å². The van der Waals surface area contributed by atoms with E-state index in [0.717, 1.165) is 17.4 Å². The fourth-order valence-corrected chi connectivity index (χ4v) is 4.66. The summed E-state index contributed by atoms with van der Waals surface area (Å²) in [7, 11) is -3.46. The number of nitrogens with two attached hydrogens (primary N) is 1. The lowest BCUT2D eigenvalue weighted by Crippen LogP contribution is -2.42. The van der Waals surface area contributed by atoms with Gasteiger partial charge < -0.3 is 15.4 Å². The summed E-state index contributed by atoms with van der Waals surface area (Å²) >= 11 is 1.14. The van der Waals surface area contributed by atoms with E-state index in [1.54, 1.807) is 11.0 Å². The van der Waals surface area contributed by atoms with Crippen LogP contribution in [0.15, 0.2) is 27.5 Å². The Hall–Kier alpha value is -2.60. The maximum Gasteiger partial charge on any atom is 0.338 e. The standard InChI is InChI=1S/C14H14N4O6S2/c1-7(11(19)16-13(15)21)24-12(20)8-2-3-9-10(6-8)25-14-17-26(22,23)5-4-18(9)14/h2-3,6-7H,4-5H2,1H3,(H3,15,16,19,21). The third-order valence-electron chi connectivity index (χ3n) is 3.61. The summed E-state index contributed by atoms with van der Waals surface area (Å²) in [5, 5.41) is 2.16. The summed E-state index contributed by atoms with van der Waals surface area (Å²) in [6.07, 6.45) is -1.21. The summed E-state index contributed by atoms with van der Waals surface area (Å²) in [6.45, 7) is 1.59. The van der Waals surface area contributed by atoms with Gasteiger partial charge in [0, 0.05) is 11.4 Å². The zero-order valence-corrected chi connectivity index (χ0v) is 15.1. The van der Waals surface area contributed by atoms with Crippen molar-refractivity contribution in [3.63, 3.8) is 0 Å². The van der Waals surface area contributed by atoms with Crippen LogP contribution >= 0.6 is 11.8 Å². The van der Waals surface area contributed by atoms with E-state index < -0.39 is 34.0 Å². The number of hydrogen-bond acceptors (Lipinski definition) is 8. The van der Waals surface area contributed by atoms with E-state index in [1.807, 2.05) is 5.32 Å². The number of primary amides is 1. The van der Waals surface area contributed by atoms with Crippen LogP contribution in [0.3, 0.4) is 0 Å². The van der Waals surface area contributed by atoms with Crippen molar-refractivity contribution in [1.29, 1.82) is 0 Å². The van der Waals surface area contributed by atoms with Gasteiger partial charge in [-0.3, -0.25) is 10.1 Å². The van der Waals surface area contributed by atoms with Gasteiger partial charge in [-0.05, 0) is 36.9 Å². The van der Waals surface area contributed by atoms with Crippen molar-refractivity contribution in [2.75, 3.05) is 17.2 Å². The molecule has 138 valence electrons. The van der Waals surface area contributed by atoms with Crippen LogP contribution in [0.1, 0.15) is 17.3 Å². The molecule has 0 bridgehead atoms. The minimum atomic E-state index is -3.46. The zero-order valence-electron chi connectivity index (χ0n) is 13.5. The van der Waals surface area contributed by atoms with Crippen LogP contribution < -0.4 is 16.0 Å². The number of fused-ring (bicyclic) bond motifs is 3. The van der Waals surface area contributed by atoms with Gasteiger partial charge >= 0.3 is 12.0 Å². The molecule has 0 saturated carbocycles. The number of hydrogen-bond donors (Lipinski definition) is 2. The smallest absolute Gasteiger partial charge is 0.338 e. The maximum atomic E-state index is 12.2. The molecule has 2 aliphatic heterocycles. The van der Waals surface area contributed by atoms with Crippen LogP contribution in [0.4, 0.5) is 10.5 Å². The number of carbonyl (C=O) groups excluding carboxylic acids is 3. The molecule has 3 rings (SSSR count). The Morgan fingerprint density at radius 2 is 2.12 bits per heavy atom. The highest BCUT2D eigenvalue weighted by atomic mass is 32.2. The summed E-state index contributed by atoms with van der Waals surface area (Å²) in [4.78, 5) is 36.8. The molecule has 3 N–H and O–H groups in total. The number of nitrogens with one attached hydrogen (secondary N) is 1. The number of nitrogens with zero attached hydrogens (tertiary/aromatic N) is 2. The van der Waals surface area contributed by atoms with E-state index in [1.165, 1.54) is 19.1 Å². The lowest BCUT2D eigenvalue weighted by Gasteiger charge is -2.22. The van der Waals surface area contributed by atoms with Gasteiger partial charge in [-0.2, -0.15) is 0 Å². The summed E-state index contributed by atoms with van der Waals surface area (Å²) in [5.74, 6) is -1.68. The first kappa shape index (κ1) is 18.2. The number of thioether (sulfide) groups is 1. The first-order chi connectivity index (χ1) is 12.2. The Morgan fingerprint density at radius 3 is 2.81 bits per heavy atom. The minimum absolute atomic E-state index is 0.0766. The predicted molar refractivity (Wildman–Crippen MR) is 93.5 cm³/mol. The van der Waals surface area contributed by atoms with Gasteiger partial charge in [0.25, 0.3) is 15.9 Å². The summed E-state index contributed by atoms with van der Waals surface area (Å²) in [5.41, 5.74) is 5.77. The Morgan fingerprint density at radius 1 is 1.38 bits per heavy atom. The molecular weight excluding hydrogens is 384 g/mol. The van der Waals surface area contributed by atoms with Gasteiger partial charge in [-0.25, -0.2) is 18.0 Å². The van der Waals surface area contributed by atoms with Crippen molar-refractivity contribution in [2.24, 2.45) is 10.1 Å². The normalized spacial score (nSPS) is 18.2. The molecule has 2 aliphatic rings.